The van der Waals surface area contributed by atoms with Crippen molar-refractivity contribution in [2.24, 2.45) is 5.73 Å². The van der Waals surface area contributed by atoms with Crippen LogP contribution in [0.2, 0.25) is 0 Å². The normalized spacial score (nSPS) is 12.2. The number of ether oxygens (including phenoxy) is 2. The average molecular weight is 594 g/mol. The summed E-state index contributed by atoms with van der Waals surface area (Å²) in [6.07, 6.45) is 29.6. The standard InChI is InChI=1S/C32H68N2O2.BrH/c1-4-6-8-10-12-14-16-18-20-22-28-35-30-25-32(34(3)27-24-26-33)31-36-29-23-21-19-17-15-13-11-9-7-5-2;/h32H,4-31,33H2,1-3H3;1H. The fraction of sp³-hybridized carbons (Fsp3) is 1.00. The molecule has 0 aliphatic carbocycles. The van der Waals surface area contributed by atoms with Crippen molar-refractivity contribution in [2.75, 3.05) is 46.6 Å². The van der Waals surface area contributed by atoms with Gasteiger partial charge in [-0.1, -0.05) is 129 Å². The monoisotopic (exact) mass is 592 g/mol. The van der Waals surface area contributed by atoms with Gasteiger partial charge in [0.15, 0.2) is 0 Å². The molecule has 0 saturated heterocycles. The lowest BCUT2D eigenvalue weighted by atomic mass is 10.1. The molecule has 0 radical (unpaired) electrons. The van der Waals surface area contributed by atoms with Crippen LogP contribution >= 0.6 is 17.0 Å². The summed E-state index contributed by atoms with van der Waals surface area (Å²) >= 11 is 0. The molecule has 2 N–H and O–H groups in total. The van der Waals surface area contributed by atoms with Crippen LogP contribution in [-0.2, 0) is 9.47 Å². The van der Waals surface area contributed by atoms with E-state index < -0.39 is 0 Å². The molecule has 0 aliphatic heterocycles. The minimum absolute atomic E-state index is 0. The smallest absolute Gasteiger partial charge is 0.0622 e. The van der Waals surface area contributed by atoms with Gasteiger partial charge in [0.1, 0.15) is 0 Å². The van der Waals surface area contributed by atoms with Gasteiger partial charge in [-0.15, -0.1) is 17.0 Å². The van der Waals surface area contributed by atoms with E-state index in [1.54, 1.807) is 0 Å². The lowest BCUT2D eigenvalue weighted by molar-refractivity contribution is 0.0424. The summed E-state index contributed by atoms with van der Waals surface area (Å²) in [7, 11) is 2.21. The van der Waals surface area contributed by atoms with Crippen LogP contribution in [0, 0.1) is 0 Å². The quantitative estimate of drug-likeness (QED) is 0.0814. The Bertz CT molecular complexity index is 401. The van der Waals surface area contributed by atoms with Gasteiger partial charge in [0.25, 0.3) is 0 Å². The topological polar surface area (TPSA) is 47.7 Å². The molecule has 0 saturated carbocycles. The van der Waals surface area contributed by atoms with E-state index >= 15 is 0 Å². The van der Waals surface area contributed by atoms with E-state index in [2.05, 4.69) is 25.8 Å². The predicted molar refractivity (Wildman–Crippen MR) is 170 cm³/mol. The molecular weight excluding hydrogens is 524 g/mol. The molecule has 0 heterocycles. The zero-order chi connectivity index (χ0) is 26.4. The van der Waals surface area contributed by atoms with Crippen molar-refractivity contribution in [3.8, 4) is 0 Å². The van der Waals surface area contributed by atoms with Crippen LogP contribution in [0.4, 0.5) is 0 Å². The maximum Gasteiger partial charge on any atom is 0.0622 e. The first-order chi connectivity index (χ1) is 17.8. The number of unbranched alkanes of at least 4 members (excludes halogenated alkanes) is 18. The maximum atomic E-state index is 6.10. The van der Waals surface area contributed by atoms with Crippen molar-refractivity contribution in [3.05, 3.63) is 0 Å². The third-order valence-corrected chi connectivity index (χ3v) is 7.53. The summed E-state index contributed by atoms with van der Waals surface area (Å²) in [6.45, 7) is 9.85. The minimum Gasteiger partial charge on any atom is -0.381 e. The highest BCUT2D eigenvalue weighted by atomic mass is 79.9. The fourth-order valence-corrected chi connectivity index (χ4v) is 4.88. The van der Waals surface area contributed by atoms with Gasteiger partial charge in [-0.3, -0.25) is 0 Å². The number of hydrogen-bond donors (Lipinski definition) is 1. The SMILES string of the molecule is Br.CCCCCCCCCCCCOCCC(COCCCCCCCCCCCC)N(C)CCCN. The lowest BCUT2D eigenvalue weighted by Crippen LogP contribution is -2.38. The molecule has 0 spiro atoms. The second-order valence-electron chi connectivity index (χ2n) is 11.1. The zero-order valence-electron chi connectivity index (χ0n) is 25.6. The third kappa shape index (κ3) is 30.7. The second kappa shape index (κ2) is 34.3. The van der Waals surface area contributed by atoms with Gasteiger partial charge in [-0.2, -0.15) is 0 Å². The molecular formula is C32H69BrN2O2. The summed E-state index contributed by atoms with van der Waals surface area (Å²) in [5.74, 6) is 0. The van der Waals surface area contributed by atoms with Crippen LogP contribution in [0.15, 0.2) is 0 Å². The van der Waals surface area contributed by atoms with Crippen LogP contribution in [0.3, 0.4) is 0 Å². The van der Waals surface area contributed by atoms with Crippen LogP contribution in [-0.4, -0.2) is 57.5 Å². The van der Waals surface area contributed by atoms with Crippen molar-refractivity contribution in [3.63, 3.8) is 0 Å². The number of nitrogens with zero attached hydrogens (tertiary/aromatic N) is 1. The van der Waals surface area contributed by atoms with Crippen molar-refractivity contribution in [1.82, 2.24) is 4.90 Å². The first-order valence-corrected chi connectivity index (χ1v) is 16.3. The van der Waals surface area contributed by atoms with E-state index in [4.69, 9.17) is 15.2 Å². The van der Waals surface area contributed by atoms with Crippen molar-refractivity contribution in [1.29, 1.82) is 0 Å². The Morgan fingerprint density at radius 2 is 0.946 bits per heavy atom. The number of halogens is 1. The molecule has 37 heavy (non-hydrogen) atoms. The van der Waals surface area contributed by atoms with Crippen LogP contribution in [0.1, 0.15) is 155 Å². The van der Waals surface area contributed by atoms with Crippen molar-refractivity contribution in [2.45, 2.75) is 161 Å². The van der Waals surface area contributed by atoms with E-state index in [0.717, 1.165) is 52.4 Å². The summed E-state index contributed by atoms with van der Waals surface area (Å²) < 4.78 is 12.1. The molecule has 0 aromatic carbocycles. The highest BCUT2D eigenvalue weighted by Crippen LogP contribution is 2.12. The summed E-state index contributed by atoms with van der Waals surface area (Å²) in [5, 5.41) is 0. The molecule has 226 valence electrons. The molecule has 0 bridgehead atoms. The Morgan fingerprint density at radius 3 is 1.38 bits per heavy atom. The van der Waals surface area contributed by atoms with Gasteiger partial charge >= 0.3 is 0 Å². The van der Waals surface area contributed by atoms with Gasteiger partial charge in [0.05, 0.1) is 6.61 Å². The maximum absolute atomic E-state index is 6.10. The molecule has 0 aliphatic rings. The van der Waals surface area contributed by atoms with Crippen molar-refractivity contribution < 1.29 is 9.47 Å². The molecule has 0 aromatic rings. The first kappa shape index (κ1) is 39.5. The van der Waals surface area contributed by atoms with Crippen LogP contribution in [0.25, 0.3) is 0 Å². The third-order valence-electron chi connectivity index (χ3n) is 7.53. The number of likely N-dealkylation sites (N-methyl/N-ethyl adjacent to an activating group) is 1. The van der Waals surface area contributed by atoms with E-state index in [1.807, 2.05) is 0 Å². The lowest BCUT2D eigenvalue weighted by Gasteiger charge is -2.28. The second-order valence-corrected chi connectivity index (χ2v) is 11.1. The molecule has 0 fully saturated rings. The Balaban J connectivity index is 0. The molecule has 0 rings (SSSR count). The van der Waals surface area contributed by atoms with E-state index in [1.165, 1.54) is 128 Å². The minimum atomic E-state index is 0. The van der Waals surface area contributed by atoms with Gasteiger partial charge in [0.2, 0.25) is 0 Å². The Morgan fingerprint density at radius 1 is 0.541 bits per heavy atom. The molecule has 0 amide bonds. The van der Waals surface area contributed by atoms with E-state index in [-0.39, 0.29) is 17.0 Å². The van der Waals surface area contributed by atoms with Crippen LogP contribution in [0.5, 0.6) is 0 Å². The number of rotatable bonds is 31. The number of nitrogens with two attached hydrogens (primary N) is 1. The highest BCUT2D eigenvalue weighted by molar-refractivity contribution is 8.93. The molecule has 1 unspecified atom stereocenters. The first-order valence-electron chi connectivity index (χ1n) is 16.3. The summed E-state index contributed by atoms with van der Waals surface area (Å²) in [5.41, 5.74) is 5.74. The van der Waals surface area contributed by atoms with Gasteiger partial charge in [-0.25, -0.2) is 0 Å². The summed E-state index contributed by atoms with van der Waals surface area (Å²) in [6, 6.07) is 0.437. The average Bonchev–Trinajstić information content (AvgIpc) is 2.89. The Hall–Kier alpha value is 0.320. The van der Waals surface area contributed by atoms with Crippen LogP contribution < -0.4 is 5.73 Å². The molecule has 0 aromatic heterocycles. The van der Waals surface area contributed by atoms with Crippen molar-refractivity contribution >= 4 is 17.0 Å². The Labute approximate surface area is 244 Å². The highest BCUT2D eigenvalue weighted by Gasteiger charge is 2.14. The van der Waals surface area contributed by atoms with Gasteiger partial charge in [0, 0.05) is 25.9 Å². The molecule has 5 heteroatoms. The molecule has 1 atom stereocenters. The predicted octanol–water partition coefficient (Wildman–Crippen LogP) is 9.48. The van der Waals surface area contributed by atoms with Gasteiger partial charge in [-0.05, 0) is 45.8 Å². The van der Waals surface area contributed by atoms with Gasteiger partial charge < -0.3 is 20.1 Å². The number of hydrogen-bond acceptors (Lipinski definition) is 4. The molecule has 4 nitrogen and oxygen atoms in total. The van der Waals surface area contributed by atoms with E-state index in [0.29, 0.717) is 6.04 Å². The Kier molecular flexibility index (Phi) is 36.6. The van der Waals surface area contributed by atoms with E-state index in [9.17, 15) is 0 Å². The fourth-order valence-electron chi connectivity index (χ4n) is 4.88. The largest absolute Gasteiger partial charge is 0.381 e. The summed E-state index contributed by atoms with van der Waals surface area (Å²) in [4.78, 5) is 2.43. The zero-order valence-corrected chi connectivity index (χ0v) is 27.3.